The summed E-state index contributed by atoms with van der Waals surface area (Å²) >= 11 is 0. The second-order valence-corrected chi connectivity index (χ2v) is 10.4. The zero-order valence-corrected chi connectivity index (χ0v) is 19.4. The molecule has 31 heavy (non-hydrogen) atoms. The van der Waals surface area contributed by atoms with Crippen molar-refractivity contribution in [2.75, 3.05) is 0 Å². The van der Waals surface area contributed by atoms with Crippen molar-refractivity contribution in [1.29, 1.82) is 0 Å². The van der Waals surface area contributed by atoms with Crippen LogP contribution in [0.4, 0.5) is 0 Å². The lowest BCUT2D eigenvalue weighted by Crippen LogP contribution is -2.31. The van der Waals surface area contributed by atoms with Gasteiger partial charge in [-0.15, -0.1) is 0 Å². The molecule has 0 spiro atoms. The molecule has 0 unspecified atom stereocenters. The van der Waals surface area contributed by atoms with Crippen molar-refractivity contribution in [3.63, 3.8) is 0 Å². The molecule has 0 saturated heterocycles. The monoisotopic (exact) mass is 414 g/mol. The molecule has 1 aliphatic carbocycles. The summed E-state index contributed by atoms with van der Waals surface area (Å²) in [6, 6.07) is 12.9. The first kappa shape index (κ1) is 19.0. The largest absolute Gasteiger partial charge is 0.437 e. The topological polar surface area (TPSA) is 29.9 Å². The Labute approximate surface area is 186 Å². The predicted octanol–water partition coefficient (Wildman–Crippen LogP) is 7.03. The maximum Gasteiger partial charge on any atom is 0.227 e. The molecule has 0 N–H and O–H groups in total. The van der Waals surface area contributed by atoms with Crippen molar-refractivity contribution < 1.29 is 10.4 Å². The first-order valence-corrected chi connectivity index (χ1v) is 11.5. The van der Waals surface area contributed by atoms with Gasteiger partial charge >= 0.3 is 0 Å². The number of benzene rings is 1. The van der Waals surface area contributed by atoms with Gasteiger partial charge in [-0.25, -0.2) is 9.55 Å². The Kier molecular flexibility index (Phi) is 4.59. The van der Waals surface area contributed by atoms with Crippen molar-refractivity contribution >= 4 is 22.1 Å². The maximum absolute atomic E-state index is 9.01. The van der Waals surface area contributed by atoms with Crippen LogP contribution in [0.1, 0.15) is 70.5 Å². The van der Waals surface area contributed by atoms with Gasteiger partial charge in [0.25, 0.3) is 0 Å². The Hall–Kier alpha value is -2.68. The summed E-state index contributed by atoms with van der Waals surface area (Å²) in [5.74, 6) is -0.470. The third kappa shape index (κ3) is 3.75. The first-order chi connectivity index (χ1) is 15.1. The van der Waals surface area contributed by atoms with Crippen LogP contribution in [0.2, 0.25) is 0 Å². The fourth-order valence-corrected chi connectivity index (χ4v) is 4.95. The highest BCUT2D eigenvalue weighted by molar-refractivity contribution is 6.08. The van der Waals surface area contributed by atoms with Gasteiger partial charge in [0.1, 0.15) is 7.05 Å². The number of aryl methyl sites for hydroxylation is 2. The average molecular weight is 415 g/mol. The highest BCUT2D eigenvalue weighted by Gasteiger charge is 2.25. The molecule has 3 heterocycles. The van der Waals surface area contributed by atoms with Gasteiger partial charge in [0, 0.05) is 30.0 Å². The maximum atomic E-state index is 9.01. The van der Waals surface area contributed by atoms with E-state index in [9.17, 15) is 0 Å². The number of hydrogen-bond acceptors (Lipinski definition) is 2. The molecule has 3 heteroatoms. The van der Waals surface area contributed by atoms with Gasteiger partial charge in [0.05, 0.1) is 5.56 Å². The number of rotatable bonds is 3. The fourth-order valence-electron chi connectivity index (χ4n) is 4.95. The van der Waals surface area contributed by atoms with Crippen LogP contribution in [0.25, 0.3) is 33.3 Å². The quantitative estimate of drug-likeness (QED) is 0.337. The molecule has 0 aliphatic heterocycles. The zero-order chi connectivity index (χ0) is 22.7. The highest BCUT2D eigenvalue weighted by Crippen LogP contribution is 2.39. The van der Waals surface area contributed by atoms with Gasteiger partial charge in [0.15, 0.2) is 11.8 Å². The second kappa shape index (κ2) is 7.47. The lowest BCUT2D eigenvalue weighted by atomic mass is 9.90. The molecule has 0 atom stereocenters. The van der Waals surface area contributed by atoms with Crippen LogP contribution in [0.3, 0.4) is 0 Å². The summed E-state index contributed by atoms with van der Waals surface area (Å²) in [6.07, 6.45) is 7.17. The van der Waals surface area contributed by atoms with Gasteiger partial charge in [-0.05, 0) is 60.8 Å². The van der Waals surface area contributed by atoms with Gasteiger partial charge in [-0.2, -0.15) is 0 Å². The van der Waals surface area contributed by atoms with E-state index in [0.717, 1.165) is 71.0 Å². The van der Waals surface area contributed by atoms with Crippen LogP contribution in [-0.4, -0.2) is 4.98 Å². The van der Waals surface area contributed by atoms with Crippen LogP contribution in [0.5, 0.6) is 0 Å². The molecular formula is C28H33N2O+. The molecule has 4 aromatic rings. The van der Waals surface area contributed by atoms with Crippen LogP contribution >= 0.6 is 0 Å². The Morgan fingerprint density at radius 2 is 1.84 bits per heavy atom. The molecule has 1 aromatic carbocycles. The smallest absolute Gasteiger partial charge is 0.227 e. The highest BCUT2D eigenvalue weighted by atomic mass is 16.3. The van der Waals surface area contributed by atoms with Crippen molar-refractivity contribution in [1.82, 2.24) is 4.98 Å². The van der Waals surface area contributed by atoms with Crippen LogP contribution in [0.15, 0.2) is 47.0 Å². The summed E-state index contributed by atoms with van der Waals surface area (Å²) in [5.41, 5.74) is 7.31. The summed E-state index contributed by atoms with van der Waals surface area (Å²) in [7, 11) is 2.07. The Balaban J connectivity index is 1.70. The van der Waals surface area contributed by atoms with Crippen LogP contribution < -0.4 is 4.57 Å². The summed E-state index contributed by atoms with van der Waals surface area (Å²) in [6.45, 7) is 8.83. The third-order valence-electron chi connectivity index (χ3n) is 6.51. The van der Waals surface area contributed by atoms with Crippen LogP contribution in [0, 0.1) is 12.3 Å². The number of fused-ring (bicyclic) bond motifs is 3. The predicted molar refractivity (Wildman–Crippen MR) is 127 cm³/mol. The standard InChI is InChI=1S/C28H33N2O/c1-18-10-12-22-23-13-11-21(17-28(2,3)4)29-27(23)31-26(22)25(18)24-16-20(14-15-30(24)5)19-8-6-7-9-19/h10-16,19H,6-9,17H2,1-5H3/q+1/i19D. The van der Waals surface area contributed by atoms with E-state index >= 15 is 0 Å². The molecule has 0 radical (unpaired) electrons. The molecule has 1 saturated carbocycles. The van der Waals surface area contributed by atoms with Gasteiger partial charge in [-0.3, -0.25) is 0 Å². The van der Waals surface area contributed by atoms with E-state index in [-0.39, 0.29) is 5.41 Å². The molecule has 0 bridgehead atoms. The molecule has 3 nitrogen and oxygen atoms in total. The van der Waals surface area contributed by atoms with Gasteiger partial charge in [-0.1, -0.05) is 45.7 Å². The second-order valence-electron chi connectivity index (χ2n) is 10.4. The number of aromatic nitrogens is 2. The fraction of sp³-hybridized carbons (Fsp3) is 0.429. The van der Waals surface area contributed by atoms with E-state index in [4.69, 9.17) is 10.8 Å². The minimum Gasteiger partial charge on any atom is -0.437 e. The Morgan fingerprint density at radius 3 is 2.58 bits per heavy atom. The summed E-state index contributed by atoms with van der Waals surface area (Å²) in [5, 5.41) is 2.16. The number of nitrogens with zero attached hydrogens (tertiary/aromatic N) is 2. The molecule has 160 valence electrons. The molecule has 0 amide bonds. The van der Waals surface area contributed by atoms with Crippen LogP contribution in [-0.2, 0) is 13.5 Å². The van der Waals surface area contributed by atoms with Crippen molar-refractivity contribution in [2.45, 2.75) is 65.7 Å². The number of hydrogen-bond donors (Lipinski definition) is 0. The van der Waals surface area contributed by atoms with E-state index in [1.54, 1.807) is 0 Å². The minimum absolute atomic E-state index is 0.176. The van der Waals surface area contributed by atoms with Crippen molar-refractivity contribution in [3.05, 3.63) is 59.4 Å². The van der Waals surface area contributed by atoms with E-state index in [1.807, 2.05) is 0 Å². The molecule has 1 fully saturated rings. The lowest BCUT2D eigenvalue weighted by Gasteiger charge is -2.16. The molecule has 1 aliphatic rings. The first-order valence-electron chi connectivity index (χ1n) is 12.0. The number of furan rings is 1. The van der Waals surface area contributed by atoms with E-state index in [0.29, 0.717) is 5.71 Å². The molecule has 3 aromatic heterocycles. The minimum atomic E-state index is -0.470. The van der Waals surface area contributed by atoms with Gasteiger partial charge in [0.2, 0.25) is 11.4 Å². The Bertz CT molecular complexity index is 1320. The Morgan fingerprint density at radius 1 is 1.10 bits per heavy atom. The SMILES string of the molecule is [2H]C1(c2cc[n+](C)c(-c3c(C)ccc4c3oc3nc(CC(C)(C)C)ccc34)c2)CCCC1. The molecular weight excluding hydrogens is 380 g/mol. The third-order valence-corrected chi connectivity index (χ3v) is 6.51. The van der Waals surface area contributed by atoms with E-state index in [2.05, 4.69) is 81.9 Å². The van der Waals surface area contributed by atoms with Crippen molar-refractivity contribution in [3.8, 4) is 11.3 Å². The van der Waals surface area contributed by atoms with E-state index < -0.39 is 5.89 Å². The lowest BCUT2D eigenvalue weighted by molar-refractivity contribution is -0.660. The average Bonchev–Trinajstić information content (AvgIpc) is 3.31. The summed E-state index contributed by atoms with van der Waals surface area (Å²) in [4.78, 5) is 4.87. The molecule has 5 rings (SSSR count). The zero-order valence-electron chi connectivity index (χ0n) is 20.4. The summed E-state index contributed by atoms with van der Waals surface area (Å²) < 4.78 is 17.6. The normalized spacial score (nSPS) is 16.9. The van der Waals surface area contributed by atoms with Crippen molar-refractivity contribution in [2.24, 2.45) is 12.5 Å². The van der Waals surface area contributed by atoms with Gasteiger partial charge < -0.3 is 4.42 Å². The van der Waals surface area contributed by atoms with E-state index in [1.165, 1.54) is 5.56 Å². The number of pyridine rings is 2.